The zero-order valence-electron chi connectivity index (χ0n) is 11.0. The van der Waals surface area contributed by atoms with E-state index in [4.69, 9.17) is 5.26 Å². The Morgan fingerprint density at radius 2 is 2.17 bits per heavy atom. The largest absolute Gasteiger partial charge is 0.367 e. The highest BCUT2D eigenvalue weighted by molar-refractivity contribution is 5.50. The van der Waals surface area contributed by atoms with Crippen LogP contribution in [0.25, 0.3) is 0 Å². The van der Waals surface area contributed by atoms with Crippen LogP contribution in [0.4, 0.5) is 5.69 Å². The molecule has 2 rings (SSSR count). The lowest BCUT2D eigenvalue weighted by Gasteiger charge is -2.36. The average Bonchev–Trinajstić information content (AvgIpc) is 2.46. The van der Waals surface area contributed by atoms with Crippen molar-refractivity contribution in [2.75, 3.05) is 24.5 Å². The van der Waals surface area contributed by atoms with Crippen LogP contribution in [0.5, 0.6) is 0 Å². The van der Waals surface area contributed by atoms with Crippen molar-refractivity contribution in [3.63, 3.8) is 0 Å². The van der Waals surface area contributed by atoms with Gasteiger partial charge in [-0.05, 0) is 50.1 Å². The lowest BCUT2D eigenvalue weighted by atomic mass is 10.0. The third-order valence-electron chi connectivity index (χ3n) is 3.50. The lowest BCUT2D eigenvalue weighted by Crippen LogP contribution is -2.46. The Hall–Kier alpha value is -1.53. The van der Waals surface area contributed by atoms with Crippen LogP contribution in [-0.4, -0.2) is 25.7 Å². The Labute approximate surface area is 109 Å². The molecule has 0 saturated carbocycles. The van der Waals surface area contributed by atoms with E-state index in [1.165, 1.54) is 18.5 Å². The molecule has 1 fully saturated rings. The normalized spacial score (nSPS) is 19.2. The third-order valence-corrected chi connectivity index (χ3v) is 3.50. The van der Waals surface area contributed by atoms with Crippen LogP contribution in [-0.2, 0) is 0 Å². The summed E-state index contributed by atoms with van der Waals surface area (Å²) in [6.07, 6.45) is 3.66. The summed E-state index contributed by atoms with van der Waals surface area (Å²) >= 11 is 0. The van der Waals surface area contributed by atoms with Gasteiger partial charge in [0.25, 0.3) is 0 Å². The number of anilines is 1. The predicted molar refractivity (Wildman–Crippen MR) is 74.7 cm³/mol. The number of hydrogen-bond donors (Lipinski definition) is 1. The molecule has 0 amide bonds. The highest BCUT2D eigenvalue weighted by Gasteiger charge is 2.20. The summed E-state index contributed by atoms with van der Waals surface area (Å²) < 4.78 is 0. The SMILES string of the molecule is CCCN(c1ccc(C#N)cc1)C1CCCNC1. The smallest absolute Gasteiger partial charge is 0.0991 e. The zero-order chi connectivity index (χ0) is 12.8. The second-order valence-corrected chi connectivity index (χ2v) is 4.85. The van der Waals surface area contributed by atoms with Gasteiger partial charge in [-0.15, -0.1) is 0 Å². The molecule has 0 aromatic heterocycles. The number of rotatable bonds is 4. The van der Waals surface area contributed by atoms with E-state index >= 15 is 0 Å². The van der Waals surface area contributed by atoms with Gasteiger partial charge in [0.05, 0.1) is 11.6 Å². The molecule has 1 unspecified atom stereocenters. The van der Waals surface area contributed by atoms with E-state index in [9.17, 15) is 0 Å². The van der Waals surface area contributed by atoms with Crippen molar-refractivity contribution in [3.05, 3.63) is 29.8 Å². The van der Waals surface area contributed by atoms with Gasteiger partial charge in [-0.2, -0.15) is 5.26 Å². The van der Waals surface area contributed by atoms with E-state index in [1.54, 1.807) is 0 Å². The van der Waals surface area contributed by atoms with Crippen molar-refractivity contribution < 1.29 is 0 Å². The summed E-state index contributed by atoms with van der Waals surface area (Å²) in [4.78, 5) is 2.48. The molecule has 1 aromatic carbocycles. The fraction of sp³-hybridized carbons (Fsp3) is 0.533. The standard InChI is InChI=1S/C15H21N3/c1-2-10-18(15-4-3-9-17-12-15)14-7-5-13(11-16)6-8-14/h5-8,15,17H,2-4,9-10,12H2,1H3. The molecule has 1 N–H and O–H groups in total. The van der Waals surface area contributed by atoms with Gasteiger partial charge in [-0.25, -0.2) is 0 Å². The van der Waals surface area contributed by atoms with Crippen molar-refractivity contribution in [1.29, 1.82) is 5.26 Å². The fourth-order valence-corrected chi connectivity index (χ4v) is 2.59. The first-order chi connectivity index (χ1) is 8.85. The molecule has 0 aliphatic carbocycles. The summed E-state index contributed by atoms with van der Waals surface area (Å²) in [5.41, 5.74) is 1.97. The first kappa shape index (κ1) is 12.9. The molecule has 3 nitrogen and oxygen atoms in total. The maximum Gasteiger partial charge on any atom is 0.0991 e. The second-order valence-electron chi connectivity index (χ2n) is 4.85. The van der Waals surface area contributed by atoms with Crippen LogP contribution in [0.15, 0.2) is 24.3 Å². The molecule has 1 aromatic rings. The molecule has 1 aliphatic rings. The van der Waals surface area contributed by atoms with E-state index in [0.29, 0.717) is 6.04 Å². The average molecular weight is 243 g/mol. The highest BCUT2D eigenvalue weighted by Crippen LogP contribution is 2.21. The van der Waals surface area contributed by atoms with Crippen LogP contribution in [0, 0.1) is 11.3 Å². The number of piperidine rings is 1. The van der Waals surface area contributed by atoms with Crippen LogP contribution < -0.4 is 10.2 Å². The van der Waals surface area contributed by atoms with Crippen LogP contribution in [0.2, 0.25) is 0 Å². The van der Waals surface area contributed by atoms with E-state index in [2.05, 4.69) is 35.3 Å². The molecule has 18 heavy (non-hydrogen) atoms. The monoisotopic (exact) mass is 243 g/mol. The van der Waals surface area contributed by atoms with Crippen LogP contribution >= 0.6 is 0 Å². The Morgan fingerprint density at radius 3 is 2.72 bits per heavy atom. The van der Waals surface area contributed by atoms with E-state index < -0.39 is 0 Å². The van der Waals surface area contributed by atoms with Gasteiger partial charge in [-0.3, -0.25) is 0 Å². The molecule has 96 valence electrons. The molecule has 1 atom stereocenters. The maximum absolute atomic E-state index is 8.85. The van der Waals surface area contributed by atoms with Crippen molar-refractivity contribution in [2.24, 2.45) is 0 Å². The minimum Gasteiger partial charge on any atom is -0.367 e. The number of benzene rings is 1. The highest BCUT2D eigenvalue weighted by atomic mass is 15.2. The quantitative estimate of drug-likeness (QED) is 0.883. The van der Waals surface area contributed by atoms with Crippen molar-refractivity contribution >= 4 is 5.69 Å². The molecular weight excluding hydrogens is 222 g/mol. The topological polar surface area (TPSA) is 39.1 Å². The first-order valence-electron chi connectivity index (χ1n) is 6.82. The summed E-state index contributed by atoms with van der Waals surface area (Å²) in [6.45, 7) is 5.51. The van der Waals surface area contributed by atoms with Crippen LogP contribution in [0.1, 0.15) is 31.7 Å². The minimum atomic E-state index is 0.589. The van der Waals surface area contributed by atoms with Crippen LogP contribution in [0.3, 0.4) is 0 Å². The zero-order valence-corrected chi connectivity index (χ0v) is 11.0. The Kier molecular flexibility index (Phi) is 4.60. The van der Waals surface area contributed by atoms with Gasteiger partial charge in [0.1, 0.15) is 0 Å². The van der Waals surface area contributed by atoms with Gasteiger partial charge in [0.2, 0.25) is 0 Å². The minimum absolute atomic E-state index is 0.589. The number of nitrogens with zero attached hydrogens (tertiary/aromatic N) is 2. The van der Waals surface area contributed by atoms with E-state index in [1.807, 2.05) is 12.1 Å². The molecule has 1 aliphatic heterocycles. The molecular formula is C15H21N3. The maximum atomic E-state index is 8.85. The summed E-state index contributed by atoms with van der Waals surface area (Å²) in [5.74, 6) is 0. The summed E-state index contributed by atoms with van der Waals surface area (Å²) in [6, 6.07) is 10.7. The van der Waals surface area contributed by atoms with Crippen molar-refractivity contribution in [2.45, 2.75) is 32.2 Å². The van der Waals surface area contributed by atoms with Gasteiger partial charge < -0.3 is 10.2 Å². The number of hydrogen-bond acceptors (Lipinski definition) is 3. The molecule has 3 heteroatoms. The molecule has 0 radical (unpaired) electrons. The van der Waals surface area contributed by atoms with E-state index in [0.717, 1.165) is 31.6 Å². The Balaban J connectivity index is 2.14. The first-order valence-corrected chi connectivity index (χ1v) is 6.82. The molecule has 0 bridgehead atoms. The molecule has 1 saturated heterocycles. The van der Waals surface area contributed by atoms with Gasteiger partial charge in [-0.1, -0.05) is 6.92 Å². The molecule has 1 heterocycles. The summed E-state index contributed by atoms with van der Waals surface area (Å²) in [7, 11) is 0. The van der Waals surface area contributed by atoms with Crippen molar-refractivity contribution in [1.82, 2.24) is 5.32 Å². The van der Waals surface area contributed by atoms with Gasteiger partial charge >= 0.3 is 0 Å². The number of nitriles is 1. The molecule has 0 spiro atoms. The Bertz CT molecular complexity index is 399. The van der Waals surface area contributed by atoms with Crippen molar-refractivity contribution in [3.8, 4) is 6.07 Å². The predicted octanol–water partition coefficient (Wildman–Crippen LogP) is 2.53. The second kappa shape index (κ2) is 6.42. The Morgan fingerprint density at radius 1 is 1.39 bits per heavy atom. The third kappa shape index (κ3) is 3.02. The number of nitrogens with one attached hydrogen (secondary N) is 1. The van der Waals surface area contributed by atoms with E-state index in [-0.39, 0.29) is 0 Å². The van der Waals surface area contributed by atoms with Gasteiger partial charge in [0, 0.05) is 24.8 Å². The fourth-order valence-electron chi connectivity index (χ4n) is 2.59. The van der Waals surface area contributed by atoms with Gasteiger partial charge in [0.15, 0.2) is 0 Å². The lowest BCUT2D eigenvalue weighted by molar-refractivity contribution is 0.431. The summed E-state index contributed by atoms with van der Waals surface area (Å²) in [5, 5.41) is 12.3.